The first kappa shape index (κ1) is 18.3. The summed E-state index contributed by atoms with van der Waals surface area (Å²) in [6, 6.07) is 6.70. The number of carbonyl (C=O) groups is 2. The Hall–Kier alpha value is -2.50. The lowest BCUT2D eigenvalue weighted by molar-refractivity contribution is -0.151. The fourth-order valence-electron chi connectivity index (χ4n) is 3.73. The highest BCUT2D eigenvalue weighted by Crippen LogP contribution is 2.33. The Kier molecular flexibility index (Phi) is 5.81. The molecule has 1 aromatic rings. The lowest BCUT2D eigenvalue weighted by Crippen LogP contribution is -2.44. The molecule has 1 fully saturated rings. The van der Waals surface area contributed by atoms with Gasteiger partial charge in [0.1, 0.15) is 11.8 Å². The molecule has 1 atom stereocenters. The number of amides is 1. The Labute approximate surface area is 153 Å². The van der Waals surface area contributed by atoms with Gasteiger partial charge in [-0.05, 0) is 24.5 Å². The number of rotatable bonds is 7. The molecule has 6 nitrogen and oxygen atoms in total. The lowest BCUT2D eigenvalue weighted by Gasteiger charge is -2.28. The molecular formula is C20H25NO5. The number of ether oxygens (including phenoxy) is 3. The van der Waals surface area contributed by atoms with Gasteiger partial charge in [-0.15, -0.1) is 0 Å². The summed E-state index contributed by atoms with van der Waals surface area (Å²) >= 11 is 0. The number of hydrogen-bond donors (Lipinski definition) is 0. The van der Waals surface area contributed by atoms with Crippen LogP contribution in [0.1, 0.15) is 32.1 Å². The van der Waals surface area contributed by atoms with Crippen LogP contribution in [0.15, 0.2) is 36.1 Å². The van der Waals surface area contributed by atoms with E-state index in [4.69, 9.17) is 14.2 Å². The van der Waals surface area contributed by atoms with E-state index < -0.39 is 6.04 Å². The second-order valence-corrected chi connectivity index (χ2v) is 6.75. The van der Waals surface area contributed by atoms with Gasteiger partial charge in [0, 0.05) is 6.08 Å². The largest absolute Gasteiger partial charge is 0.493 e. The van der Waals surface area contributed by atoms with Gasteiger partial charge >= 0.3 is 5.97 Å². The molecule has 0 bridgehead atoms. The van der Waals surface area contributed by atoms with E-state index in [-0.39, 0.29) is 18.4 Å². The van der Waals surface area contributed by atoms with Crippen LogP contribution in [0.25, 0.3) is 0 Å². The van der Waals surface area contributed by atoms with Gasteiger partial charge < -0.3 is 19.1 Å². The van der Waals surface area contributed by atoms with Gasteiger partial charge in [0.05, 0.1) is 20.8 Å². The zero-order valence-electron chi connectivity index (χ0n) is 15.3. The smallest absolute Gasteiger partial charge is 0.328 e. The van der Waals surface area contributed by atoms with Gasteiger partial charge in [-0.25, -0.2) is 4.79 Å². The third kappa shape index (κ3) is 4.00. The van der Waals surface area contributed by atoms with E-state index in [0.29, 0.717) is 29.6 Å². The minimum absolute atomic E-state index is 0.219. The first-order valence-corrected chi connectivity index (χ1v) is 9.02. The summed E-state index contributed by atoms with van der Waals surface area (Å²) in [5.41, 5.74) is 0. The maximum Gasteiger partial charge on any atom is 0.328 e. The summed E-state index contributed by atoms with van der Waals surface area (Å²) in [6.45, 7) is 0.253. The molecule has 1 amide bonds. The maximum atomic E-state index is 12.5. The predicted molar refractivity (Wildman–Crippen MR) is 95.8 cm³/mol. The third-order valence-corrected chi connectivity index (χ3v) is 5.08. The predicted octanol–water partition coefficient (Wildman–Crippen LogP) is 2.92. The Balaban J connectivity index is 1.70. The number of esters is 1. The van der Waals surface area contributed by atoms with E-state index in [0.717, 1.165) is 12.8 Å². The van der Waals surface area contributed by atoms with E-state index >= 15 is 0 Å². The Morgan fingerprint density at radius 1 is 1.19 bits per heavy atom. The second-order valence-electron chi connectivity index (χ2n) is 6.75. The molecule has 3 rings (SSSR count). The van der Waals surface area contributed by atoms with Gasteiger partial charge in [-0.2, -0.15) is 0 Å². The van der Waals surface area contributed by atoms with Crippen LogP contribution in [-0.2, 0) is 14.3 Å². The van der Waals surface area contributed by atoms with Crippen molar-refractivity contribution in [2.75, 3.05) is 20.8 Å². The highest BCUT2D eigenvalue weighted by Gasteiger charge is 2.37. The molecule has 1 aromatic carbocycles. The third-order valence-electron chi connectivity index (χ3n) is 5.08. The van der Waals surface area contributed by atoms with Crippen molar-refractivity contribution in [2.45, 2.75) is 38.1 Å². The normalized spacial score (nSPS) is 18.6. The van der Waals surface area contributed by atoms with Crippen molar-refractivity contribution in [2.24, 2.45) is 5.92 Å². The molecule has 6 heteroatoms. The number of para-hydroxylation sites is 2. The molecule has 1 saturated carbocycles. The Morgan fingerprint density at radius 2 is 1.88 bits per heavy atom. The summed E-state index contributed by atoms with van der Waals surface area (Å²) < 4.78 is 16.1. The molecular weight excluding hydrogens is 334 g/mol. The van der Waals surface area contributed by atoms with E-state index in [1.165, 1.54) is 26.0 Å². The van der Waals surface area contributed by atoms with Gasteiger partial charge in [0.25, 0.3) is 5.91 Å². The number of nitrogens with zero attached hydrogens (tertiary/aromatic N) is 1. The molecule has 26 heavy (non-hydrogen) atoms. The van der Waals surface area contributed by atoms with Gasteiger partial charge in [0.15, 0.2) is 11.5 Å². The quantitative estimate of drug-likeness (QED) is 0.701. The Bertz CT molecular complexity index is 693. The van der Waals surface area contributed by atoms with E-state index in [1.807, 2.05) is 12.1 Å². The van der Waals surface area contributed by atoms with Crippen LogP contribution in [-0.4, -0.2) is 43.6 Å². The van der Waals surface area contributed by atoms with Crippen LogP contribution in [0.2, 0.25) is 0 Å². The SMILES string of the molecule is COC(=O)C(CC1CCCC1)N1CC(Oc2ccccc2OC)=CC1=O. The summed E-state index contributed by atoms with van der Waals surface area (Å²) in [4.78, 5) is 26.3. The minimum atomic E-state index is -0.564. The monoisotopic (exact) mass is 359 g/mol. The number of benzene rings is 1. The molecule has 1 heterocycles. The summed E-state index contributed by atoms with van der Waals surface area (Å²) in [6.07, 6.45) is 6.67. The molecule has 0 radical (unpaired) electrons. The van der Waals surface area contributed by atoms with Crippen LogP contribution in [0, 0.1) is 5.92 Å². The first-order valence-electron chi connectivity index (χ1n) is 9.02. The first-order chi connectivity index (χ1) is 12.6. The number of hydrogen-bond acceptors (Lipinski definition) is 5. The van der Waals surface area contributed by atoms with E-state index in [2.05, 4.69) is 0 Å². The van der Waals surface area contributed by atoms with Crippen LogP contribution in [0.3, 0.4) is 0 Å². The van der Waals surface area contributed by atoms with Crippen molar-refractivity contribution in [3.05, 3.63) is 36.1 Å². The molecule has 0 spiro atoms. The summed E-state index contributed by atoms with van der Waals surface area (Å²) in [7, 11) is 2.93. The van der Waals surface area contributed by atoms with Crippen molar-refractivity contribution in [3.8, 4) is 11.5 Å². The van der Waals surface area contributed by atoms with Crippen molar-refractivity contribution in [3.63, 3.8) is 0 Å². The number of methoxy groups -OCH3 is 2. The van der Waals surface area contributed by atoms with Crippen molar-refractivity contribution in [1.29, 1.82) is 0 Å². The fraction of sp³-hybridized carbons (Fsp3) is 0.500. The van der Waals surface area contributed by atoms with Crippen molar-refractivity contribution < 1.29 is 23.8 Å². The summed E-state index contributed by atoms with van der Waals surface area (Å²) in [5, 5.41) is 0. The van der Waals surface area contributed by atoms with Crippen molar-refractivity contribution >= 4 is 11.9 Å². The average molecular weight is 359 g/mol. The maximum absolute atomic E-state index is 12.5. The zero-order chi connectivity index (χ0) is 18.5. The van der Waals surface area contributed by atoms with Crippen LogP contribution >= 0.6 is 0 Å². The second kappa shape index (κ2) is 8.25. The van der Waals surface area contributed by atoms with Crippen molar-refractivity contribution in [1.82, 2.24) is 4.90 Å². The Morgan fingerprint density at radius 3 is 2.54 bits per heavy atom. The minimum Gasteiger partial charge on any atom is -0.493 e. The molecule has 1 aliphatic carbocycles. The zero-order valence-corrected chi connectivity index (χ0v) is 15.3. The molecule has 140 valence electrons. The highest BCUT2D eigenvalue weighted by molar-refractivity contribution is 5.94. The fourth-order valence-corrected chi connectivity index (χ4v) is 3.73. The topological polar surface area (TPSA) is 65.1 Å². The molecule has 1 aliphatic heterocycles. The van der Waals surface area contributed by atoms with Gasteiger partial charge in [-0.1, -0.05) is 37.8 Å². The molecule has 2 aliphatic rings. The van der Waals surface area contributed by atoms with Gasteiger partial charge in [0.2, 0.25) is 0 Å². The van der Waals surface area contributed by atoms with Gasteiger partial charge in [-0.3, -0.25) is 4.79 Å². The van der Waals surface area contributed by atoms with Crippen LogP contribution in [0.4, 0.5) is 0 Å². The van der Waals surface area contributed by atoms with Crippen LogP contribution < -0.4 is 9.47 Å². The summed E-state index contributed by atoms with van der Waals surface area (Å²) in [5.74, 6) is 1.52. The lowest BCUT2D eigenvalue weighted by atomic mass is 9.97. The number of carbonyl (C=O) groups excluding carboxylic acids is 2. The molecule has 0 aromatic heterocycles. The standard InChI is InChI=1S/C20H25NO5/c1-24-17-9-5-6-10-18(17)26-15-12-19(22)21(13-15)16(20(23)25-2)11-14-7-3-4-8-14/h5-6,9-10,12,14,16H,3-4,7-8,11,13H2,1-2H3. The average Bonchev–Trinajstić information content (AvgIpc) is 3.29. The van der Waals surface area contributed by atoms with E-state index in [1.54, 1.807) is 24.1 Å². The highest BCUT2D eigenvalue weighted by atomic mass is 16.5. The molecule has 0 saturated heterocycles. The van der Waals surface area contributed by atoms with E-state index in [9.17, 15) is 9.59 Å². The molecule has 1 unspecified atom stereocenters. The van der Waals surface area contributed by atoms with Crippen LogP contribution in [0.5, 0.6) is 11.5 Å². The molecule has 0 N–H and O–H groups in total.